The molecule has 0 saturated carbocycles. The van der Waals surface area contributed by atoms with Gasteiger partial charge in [0.25, 0.3) is 0 Å². The molecule has 0 spiro atoms. The maximum absolute atomic E-state index is 3.33. The van der Waals surface area contributed by atoms with E-state index >= 15 is 0 Å². The van der Waals surface area contributed by atoms with Gasteiger partial charge in [-0.2, -0.15) is 0 Å². The summed E-state index contributed by atoms with van der Waals surface area (Å²) in [5.41, 5.74) is 5.29. The Balaban J connectivity index is 2.33. The molecule has 0 heteroatoms. The van der Waals surface area contributed by atoms with Crippen molar-refractivity contribution in [1.82, 2.24) is 0 Å². The smallest absolute Gasteiger partial charge is 0.00165 e. The van der Waals surface area contributed by atoms with Crippen molar-refractivity contribution < 1.29 is 0 Å². The molecule has 0 amide bonds. The van der Waals surface area contributed by atoms with Crippen molar-refractivity contribution in [3.63, 3.8) is 0 Å². The van der Waals surface area contributed by atoms with Crippen LogP contribution in [0.25, 0.3) is 17.2 Å². The summed E-state index contributed by atoms with van der Waals surface area (Å²) in [4.78, 5) is 0. The molecule has 0 aliphatic heterocycles. The van der Waals surface area contributed by atoms with E-state index < -0.39 is 0 Å². The Hall–Kier alpha value is -1.82. The SMILES string of the molecule is [C]1=Cc2ccccc2-c2ccccc2C1. The average Bonchev–Trinajstić information content (AvgIpc) is 2.48. The second kappa shape index (κ2) is 3.39. The van der Waals surface area contributed by atoms with Crippen LogP contribution in [-0.4, -0.2) is 0 Å². The predicted molar refractivity (Wildman–Crippen MR) is 63.3 cm³/mol. The average molecular weight is 191 g/mol. The molecular weight excluding hydrogens is 180 g/mol. The molecule has 15 heavy (non-hydrogen) atoms. The Morgan fingerprint density at radius 1 is 0.800 bits per heavy atom. The van der Waals surface area contributed by atoms with Crippen molar-refractivity contribution >= 4 is 6.08 Å². The minimum absolute atomic E-state index is 0.908. The maximum Gasteiger partial charge on any atom is -0.00165 e. The van der Waals surface area contributed by atoms with Gasteiger partial charge in [0, 0.05) is 0 Å². The summed E-state index contributed by atoms with van der Waals surface area (Å²) < 4.78 is 0. The fourth-order valence-corrected chi connectivity index (χ4v) is 2.08. The first-order valence-electron chi connectivity index (χ1n) is 5.19. The number of hydrogen-bond donors (Lipinski definition) is 0. The van der Waals surface area contributed by atoms with Crippen LogP contribution in [0.15, 0.2) is 48.5 Å². The highest BCUT2D eigenvalue weighted by molar-refractivity contribution is 5.78. The summed E-state index contributed by atoms with van der Waals surface area (Å²) in [6.45, 7) is 0. The Labute approximate surface area is 89.9 Å². The van der Waals surface area contributed by atoms with Gasteiger partial charge in [-0.15, -0.1) is 0 Å². The normalized spacial score (nSPS) is 12.8. The topological polar surface area (TPSA) is 0 Å². The van der Waals surface area contributed by atoms with Gasteiger partial charge in [0.05, 0.1) is 0 Å². The zero-order valence-electron chi connectivity index (χ0n) is 8.40. The molecule has 0 N–H and O–H groups in total. The van der Waals surface area contributed by atoms with Gasteiger partial charge in [-0.25, -0.2) is 0 Å². The first kappa shape index (κ1) is 8.49. The van der Waals surface area contributed by atoms with Gasteiger partial charge in [-0.3, -0.25) is 0 Å². The van der Waals surface area contributed by atoms with Gasteiger partial charge in [-0.1, -0.05) is 54.6 Å². The summed E-state index contributed by atoms with van der Waals surface area (Å²) in [5.74, 6) is 0. The van der Waals surface area contributed by atoms with E-state index in [1.165, 1.54) is 22.3 Å². The fourth-order valence-electron chi connectivity index (χ4n) is 2.08. The zero-order valence-corrected chi connectivity index (χ0v) is 8.40. The second-order valence-electron chi connectivity index (χ2n) is 3.77. The van der Waals surface area contributed by atoms with Crippen LogP contribution in [0, 0.1) is 6.08 Å². The van der Waals surface area contributed by atoms with Crippen LogP contribution in [0.5, 0.6) is 0 Å². The maximum atomic E-state index is 3.33. The van der Waals surface area contributed by atoms with E-state index in [9.17, 15) is 0 Å². The standard InChI is InChI=1S/C15H11/c1-3-10-14-12(6-1)8-5-9-13-7-2-4-11-15(13)14/h1-4,6-8,10-11H,9H2. The summed E-state index contributed by atoms with van der Waals surface area (Å²) in [6.07, 6.45) is 6.33. The molecule has 0 unspecified atom stereocenters. The number of fused-ring (bicyclic) bond motifs is 3. The van der Waals surface area contributed by atoms with E-state index in [4.69, 9.17) is 0 Å². The highest BCUT2D eigenvalue weighted by Crippen LogP contribution is 2.30. The predicted octanol–water partition coefficient (Wildman–Crippen LogP) is 3.73. The van der Waals surface area contributed by atoms with Crippen molar-refractivity contribution in [2.45, 2.75) is 6.42 Å². The van der Waals surface area contributed by atoms with Crippen LogP contribution >= 0.6 is 0 Å². The molecular formula is C15H11. The third kappa shape index (κ3) is 1.39. The molecule has 1 radical (unpaired) electrons. The van der Waals surface area contributed by atoms with Gasteiger partial charge in [-0.05, 0) is 34.8 Å². The lowest BCUT2D eigenvalue weighted by Gasteiger charge is -2.07. The summed E-state index contributed by atoms with van der Waals surface area (Å²) in [5, 5.41) is 0. The van der Waals surface area contributed by atoms with Gasteiger partial charge in [0.1, 0.15) is 0 Å². The molecule has 1 aliphatic rings. The van der Waals surface area contributed by atoms with Gasteiger partial charge >= 0.3 is 0 Å². The number of hydrogen-bond acceptors (Lipinski definition) is 0. The highest BCUT2D eigenvalue weighted by atomic mass is 14.1. The van der Waals surface area contributed by atoms with E-state index in [2.05, 4.69) is 60.7 Å². The quantitative estimate of drug-likeness (QED) is 0.595. The summed E-state index contributed by atoms with van der Waals surface area (Å²) >= 11 is 0. The van der Waals surface area contributed by atoms with Crippen LogP contribution < -0.4 is 0 Å². The molecule has 0 atom stereocenters. The summed E-state index contributed by atoms with van der Waals surface area (Å²) in [6, 6.07) is 17.0. The Kier molecular flexibility index (Phi) is 1.92. The van der Waals surface area contributed by atoms with Crippen molar-refractivity contribution in [2.75, 3.05) is 0 Å². The van der Waals surface area contributed by atoms with Gasteiger partial charge in [0.2, 0.25) is 0 Å². The largest absolute Gasteiger partial charge is 0.0619 e. The third-order valence-electron chi connectivity index (χ3n) is 2.82. The van der Waals surface area contributed by atoms with Crippen molar-refractivity contribution in [3.05, 3.63) is 65.7 Å². The first-order chi connectivity index (χ1) is 7.45. The minimum atomic E-state index is 0.908. The van der Waals surface area contributed by atoms with Crippen molar-refractivity contribution in [1.29, 1.82) is 0 Å². The Morgan fingerprint density at radius 3 is 2.47 bits per heavy atom. The zero-order chi connectivity index (χ0) is 10.1. The van der Waals surface area contributed by atoms with Crippen LogP contribution in [0.1, 0.15) is 11.1 Å². The molecule has 1 aliphatic carbocycles. The minimum Gasteiger partial charge on any atom is -0.0619 e. The van der Waals surface area contributed by atoms with Crippen molar-refractivity contribution in [3.8, 4) is 11.1 Å². The molecule has 71 valence electrons. The van der Waals surface area contributed by atoms with E-state index in [0.29, 0.717) is 0 Å². The Bertz CT molecular complexity index is 521. The molecule has 2 aromatic rings. The van der Waals surface area contributed by atoms with Crippen LogP contribution in [-0.2, 0) is 6.42 Å². The van der Waals surface area contributed by atoms with E-state index in [0.717, 1.165) is 6.42 Å². The molecule has 0 fully saturated rings. The fraction of sp³-hybridized carbons (Fsp3) is 0.0667. The number of benzene rings is 2. The monoisotopic (exact) mass is 191 g/mol. The molecule has 3 rings (SSSR count). The summed E-state index contributed by atoms with van der Waals surface area (Å²) in [7, 11) is 0. The molecule has 2 aromatic carbocycles. The van der Waals surface area contributed by atoms with E-state index in [1.807, 2.05) is 0 Å². The van der Waals surface area contributed by atoms with Crippen LogP contribution in [0.3, 0.4) is 0 Å². The van der Waals surface area contributed by atoms with Crippen LogP contribution in [0.4, 0.5) is 0 Å². The molecule has 0 bridgehead atoms. The first-order valence-corrected chi connectivity index (χ1v) is 5.19. The van der Waals surface area contributed by atoms with Crippen LogP contribution in [0.2, 0.25) is 0 Å². The van der Waals surface area contributed by atoms with Crippen molar-refractivity contribution in [2.24, 2.45) is 0 Å². The lowest BCUT2D eigenvalue weighted by Crippen LogP contribution is -1.86. The molecule has 0 saturated heterocycles. The molecule has 0 aromatic heterocycles. The van der Waals surface area contributed by atoms with Gasteiger partial charge in [0.15, 0.2) is 0 Å². The van der Waals surface area contributed by atoms with E-state index in [1.54, 1.807) is 0 Å². The number of rotatable bonds is 0. The lowest BCUT2D eigenvalue weighted by molar-refractivity contribution is 1.26. The lowest BCUT2D eigenvalue weighted by atomic mass is 9.97. The molecule has 0 nitrogen and oxygen atoms in total. The van der Waals surface area contributed by atoms with E-state index in [-0.39, 0.29) is 0 Å². The highest BCUT2D eigenvalue weighted by Gasteiger charge is 2.09. The Morgan fingerprint density at radius 2 is 1.53 bits per heavy atom. The van der Waals surface area contributed by atoms with Gasteiger partial charge < -0.3 is 0 Å². The third-order valence-corrected chi connectivity index (χ3v) is 2.82. The number of allylic oxidation sites excluding steroid dienone is 1. The molecule has 0 heterocycles. The second-order valence-corrected chi connectivity index (χ2v) is 3.77.